The van der Waals surface area contributed by atoms with Gasteiger partial charge in [0.1, 0.15) is 0 Å². The van der Waals surface area contributed by atoms with E-state index in [1.807, 2.05) is 11.1 Å². The van der Waals surface area contributed by atoms with Gasteiger partial charge in [0.25, 0.3) is 0 Å². The van der Waals surface area contributed by atoms with Crippen LogP contribution in [0.15, 0.2) is 12.3 Å². The molecule has 11 heavy (non-hydrogen) atoms. The van der Waals surface area contributed by atoms with E-state index < -0.39 is 8.46 Å². The van der Waals surface area contributed by atoms with E-state index in [-0.39, 0.29) is 5.91 Å². The largest absolute Gasteiger partial charge is 0.307 e. The lowest BCUT2D eigenvalue weighted by molar-refractivity contribution is -0.137. The Bertz CT molecular complexity index is 239. The number of rotatable bonds is 0. The highest BCUT2D eigenvalue weighted by Crippen LogP contribution is 2.62. The first-order valence-corrected chi connectivity index (χ1v) is 7.65. The number of amides is 1. The quantitative estimate of drug-likeness (QED) is 0.587. The normalized spacial score (nSPS) is 47.6. The highest BCUT2D eigenvalue weighted by atomic mass is 79.9. The summed E-state index contributed by atoms with van der Waals surface area (Å²) >= 11 is 3.72. The molecule has 62 valence electrons. The van der Waals surface area contributed by atoms with Gasteiger partial charge in [0.15, 0.2) is 0 Å². The van der Waals surface area contributed by atoms with Gasteiger partial charge in [-0.05, 0) is 21.1 Å². The molecule has 2 heterocycles. The molecule has 2 aliphatic heterocycles. The van der Waals surface area contributed by atoms with Gasteiger partial charge in [-0.2, -0.15) is 8.46 Å². The maximum Gasteiger partial charge on any atom is 0.230 e. The van der Waals surface area contributed by atoms with Crippen LogP contribution in [0.1, 0.15) is 6.42 Å². The zero-order chi connectivity index (χ0) is 8.06. The summed E-state index contributed by atoms with van der Waals surface area (Å²) in [6.45, 7) is 0. The van der Waals surface area contributed by atoms with Crippen LogP contribution in [0.25, 0.3) is 0 Å². The van der Waals surface area contributed by atoms with Crippen molar-refractivity contribution in [1.29, 1.82) is 0 Å². The standard InChI is InChI=1S/C7H10BrNOS/c1-11(8)4-2-3-9-6(10)5-7(9)11/h2-3,7H,4-5H2,1H3. The van der Waals surface area contributed by atoms with Gasteiger partial charge in [-0.3, -0.25) is 4.79 Å². The van der Waals surface area contributed by atoms with Crippen molar-refractivity contribution in [3.05, 3.63) is 12.3 Å². The van der Waals surface area contributed by atoms with Crippen molar-refractivity contribution < 1.29 is 4.79 Å². The van der Waals surface area contributed by atoms with E-state index in [0.717, 1.165) is 12.2 Å². The van der Waals surface area contributed by atoms with Crippen LogP contribution >= 0.6 is 23.3 Å². The van der Waals surface area contributed by atoms with Crippen molar-refractivity contribution in [2.45, 2.75) is 11.8 Å². The molecule has 0 saturated carbocycles. The van der Waals surface area contributed by atoms with Crippen LogP contribution in [-0.2, 0) is 4.79 Å². The van der Waals surface area contributed by atoms with Crippen molar-refractivity contribution in [2.24, 2.45) is 0 Å². The van der Waals surface area contributed by atoms with E-state index in [1.165, 1.54) is 0 Å². The number of fused-ring (bicyclic) bond motifs is 1. The average molecular weight is 236 g/mol. The molecule has 4 heteroatoms. The first kappa shape index (κ1) is 7.68. The van der Waals surface area contributed by atoms with E-state index in [0.29, 0.717) is 5.37 Å². The lowest BCUT2D eigenvalue weighted by Crippen LogP contribution is -2.52. The number of hydrogen-bond donors (Lipinski definition) is 0. The second-order valence-electron chi connectivity index (χ2n) is 3.05. The zero-order valence-corrected chi connectivity index (χ0v) is 8.69. The van der Waals surface area contributed by atoms with Crippen LogP contribution in [0, 0.1) is 0 Å². The van der Waals surface area contributed by atoms with Crippen molar-refractivity contribution in [2.75, 3.05) is 12.0 Å². The number of carbonyl (C=O) groups is 1. The molecule has 0 aromatic carbocycles. The smallest absolute Gasteiger partial charge is 0.230 e. The first-order valence-electron chi connectivity index (χ1n) is 3.53. The summed E-state index contributed by atoms with van der Waals surface area (Å²) in [5, 5.41) is 0.472. The maximum absolute atomic E-state index is 11.0. The number of β-lactam (4-membered cyclic amide) rings is 1. The Hall–Kier alpha value is 0.0400. The minimum absolute atomic E-state index is 0.268. The van der Waals surface area contributed by atoms with Gasteiger partial charge in [-0.15, -0.1) is 0 Å². The van der Waals surface area contributed by atoms with Gasteiger partial charge >= 0.3 is 0 Å². The van der Waals surface area contributed by atoms with Crippen LogP contribution in [-0.4, -0.2) is 28.2 Å². The minimum Gasteiger partial charge on any atom is -0.307 e. The average Bonchev–Trinajstić information content (AvgIpc) is 1.91. The molecule has 0 aromatic rings. The van der Waals surface area contributed by atoms with Crippen LogP contribution in [0.2, 0.25) is 0 Å². The summed E-state index contributed by atoms with van der Waals surface area (Å²) in [7, 11) is -0.726. The molecule has 0 spiro atoms. The Kier molecular flexibility index (Phi) is 1.58. The Morgan fingerprint density at radius 3 is 3.09 bits per heavy atom. The molecule has 2 rings (SSSR count). The van der Waals surface area contributed by atoms with Crippen LogP contribution in [0.5, 0.6) is 0 Å². The predicted molar refractivity (Wildman–Crippen MR) is 51.7 cm³/mol. The van der Waals surface area contributed by atoms with E-state index >= 15 is 0 Å². The fourth-order valence-corrected chi connectivity index (χ4v) is 4.68. The second-order valence-corrected chi connectivity index (χ2v) is 10.5. The van der Waals surface area contributed by atoms with Crippen molar-refractivity contribution in [3.63, 3.8) is 0 Å². The molecule has 2 nitrogen and oxygen atoms in total. The van der Waals surface area contributed by atoms with Crippen LogP contribution in [0.4, 0.5) is 0 Å². The van der Waals surface area contributed by atoms with Crippen molar-refractivity contribution >= 4 is 29.2 Å². The molecule has 1 fully saturated rings. The van der Waals surface area contributed by atoms with Crippen molar-refractivity contribution in [1.82, 2.24) is 4.90 Å². The molecular formula is C7H10BrNOS. The summed E-state index contributed by atoms with van der Waals surface area (Å²) in [6.07, 6.45) is 6.96. The number of nitrogens with zero attached hydrogens (tertiary/aromatic N) is 1. The minimum atomic E-state index is -0.726. The summed E-state index contributed by atoms with van der Waals surface area (Å²) in [5.74, 6) is 1.37. The molecule has 0 radical (unpaired) electrons. The van der Waals surface area contributed by atoms with E-state index in [2.05, 4.69) is 27.1 Å². The third kappa shape index (κ3) is 1.04. The topological polar surface area (TPSA) is 20.3 Å². The highest BCUT2D eigenvalue weighted by Gasteiger charge is 2.44. The molecule has 2 atom stereocenters. The summed E-state index contributed by atoms with van der Waals surface area (Å²) in [6, 6.07) is 0. The van der Waals surface area contributed by atoms with Crippen LogP contribution in [0.3, 0.4) is 0 Å². The monoisotopic (exact) mass is 235 g/mol. The van der Waals surface area contributed by atoms with Crippen molar-refractivity contribution in [3.8, 4) is 0 Å². The molecular weight excluding hydrogens is 226 g/mol. The van der Waals surface area contributed by atoms with E-state index in [9.17, 15) is 4.79 Å². The Morgan fingerprint density at radius 2 is 2.55 bits per heavy atom. The predicted octanol–water partition coefficient (Wildman–Crippen LogP) is 1.82. The lowest BCUT2D eigenvalue weighted by Gasteiger charge is -2.51. The van der Waals surface area contributed by atoms with Gasteiger partial charge in [-0.1, -0.05) is 6.08 Å². The lowest BCUT2D eigenvalue weighted by atomic mass is 10.2. The Morgan fingerprint density at radius 1 is 1.82 bits per heavy atom. The highest BCUT2D eigenvalue weighted by molar-refractivity contribution is 9.58. The molecule has 0 aliphatic carbocycles. The van der Waals surface area contributed by atoms with Gasteiger partial charge < -0.3 is 4.90 Å². The molecule has 2 aliphatic rings. The third-order valence-corrected chi connectivity index (χ3v) is 6.66. The fourth-order valence-electron chi connectivity index (χ4n) is 1.45. The molecule has 1 saturated heterocycles. The second kappa shape index (κ2) is 2.26. The number of carbonyl (C=O) groups excluding carboxylic acids is 1. The molecule has 2 unspecified atom stereocenters. The number of hydrogen-bond acceptors (Lipinski definition) is 1. The molecule has 0 bridgehead atoms. The maximum atomic E-state index is 11.0. The Labute approximate surface area is 75.2 Å². The van der Waals surface area contributed by atoms with E-state index in [1.54, 1.807) is 0 Å². The Balaban J connectivity index is 2.25. The molecule has 1 amide bonds. The van der Waals surface area contributed by atoms with Gasteiger partial charge in [0.2, 0.25) is 5.91 Å². The zero-order valence-electron chi connectivity index (χ0n) is 6.29. The van der Waals surface area contributed by atoms with Gasteiger partial charge in [0, 0.05) is 12.0 Å². The fraction of sp³-hybridized carbons (Fsp3) is 0.571. The van der Waals surface area contributed by atoms with E-state index in [4.69, 9.17) is 0 Å². The summed E-state index contributed by atoms with van der Waals surface area (Å²) in [4.78, 5) is 12.9. The summed E-state index contributed by atoms with van der Waals surface area (Å²) in [5.41, 5.74) is 0. The molecule has 0 aromatic heterocycles. The molecule has 0 N–H and O–H groups in total. The number of halogens is 1. The SMILES string of the molecule is CS1(Br)CC=CN2C(=O)CC21. The van der Waals surface area contributed by atoms with Crippen LogP contribution < -0.4 is 0 Å². The van der Waals surface area contributed by atoms with Gasteiger partial charge in [0.05, 0.1) is 11.8 Å². The van der Waals surface area contributed by atoms with Gasteiger partial charge in [-0.25, -0.2) is 0 Å². The summed E-state index contributed by atoms with van der Waals surface area (Å²) < 4.78 is 0. The third-order valence-electron chi connectivity index (χ3n) is 2.20. The first-order chi connectivity index (χ1) is 5.11.